The Hall–Kier alpha value is 0.250. The molecule has 1 atom stereocenters. The number of hydrogen-bond donors (Lipinski definition) is 1. The number of rotatable bonds is 25. The summed E-state index contributed by atoms with van der Waals surface area (Å²) in [4.78, 5) is 0. The van der Waals surface area contributed by atoms with Crippen LogP contribution in [0.15, 0.2) is 0 Å². The summed E-state index contributed by atoms with van der Waals surface area (Å²) in [6.07, 6.45) is 33.3. The van der Waals surface area contributed by atoms with Crippen molar-refractivity contribution in [3.8, 4) is 0 Å². The Kier molecular flexibility index (Phi) is 27.8. The van der Waals surface area contributed by atoms with Crippen molar-refractivity contribution in [2.45, 2.75) is 187 Å². The first-order valence-electron chi connectivity index (χ1n) is 14.9. The Morgan fingerprint density at radius 2 is 0.750 bits per heavy atom. The van der Waals surface area contributed by atoms with E-state index in [0.717, 1.165) is 5.92 Å². The molecule has 0 aliphatic carbocycles. The second-order valence-corrected chi connectivity index (χ2v) is 10.7. The van der Waals surface area contributed by atoms with Crippen LogP contribution in [-0.2, 0) is 0 Å². The zero-order valence-electron chi connectivity index (χ0n) is 23.0. The Morgan fingerprint density at radius 3 is 1.12 bits per heavy atom. The highest BCUT2D eigenvalue weighted by molar-refractivity contribution is 5.85. The van der Waals surface area contributed by atoms with E-state index < -0.39 is 0 Å². The fourth-order valence-corrected chi connectivity index (χ4v) is 5.30. The van der Waals surface area contributed by atoms with Crippen LogP contribution in [0.4, 0.5) is 0 Å². The molecule has 2 heteroatoms. The van der Waals surface area contributed by atoms with E-state index in [4.69, 9.17) is 5.73 Å². The summed E-state index contributed by atoms with van der Waals surface area (Å²) in [5.74, 6) is 0.753. The number of halogens is 1. The lowest BCUT2D eigenvalue weighted by Gasteiger charge is -2.39. The van der Waals surface area contributed by atoms with E-state index in [2.05, 4.69) is 27.7 Å². The normalized spacial score (nSPS) is 12.7. The maximum absolute atomic E-state index is 7.11. The van der Waals surface area contributed by atoms with Gasteiger partial charge in [-0.25, -0.2) is 0 Å². The minimum Gasteiger partial charge on any atom is -0.325 e. The van der Waals surface area contributed by atoms with Gasteiger partial charge in [-0.15, -0.1) is 12.4 Å². The minimum absolute atomic E-state index is 0. The first kappa shape index (κ1) is 34.4. The molecule has 2 N–H and O–H groups in total. The van der Waals surface area contributed by atoms with Crippen LogP contribution in [0.5, 0.6) is 0 Å². The van der Waals surface area contributed by atoms with Crippen LogP contribution in [0.1, 0.15) is 182 Å². The molecule has 0 rings (SSSR count). The molecular weight excluding hydrogens is 410 g/mol. The molecule has 0 aromatic heterocycles. The SMILES string of the molecule is CCCCCCCCCCCCCCCCC(CCCC)C(N)(CCCC)CCCC.Cl. The van der Waals surface area contributed by atoms with E-state index in [9.17, 15) is 0 Å². The summed E-state index contributed by atoms with van der Waals surface area (Å²) in [6, 6.07) is 0. The molecule has 0 spiro atoms. The molecule has 32 heavy (non-hydrogen) atoms. The number of hydrogen-bond acceptors (Lipinski definition) is 1. The van der Waals surface area contributed by atoms with Gasteiger partial charge in [0.25, 0.3) is 0 Å². The van der Waals surface area contributed by atoms with Crippen LogP contribution in [0.25, 0.3) is 0 Å². The Labute approximate surface area is 211 Å². The predicted molar refractivity (Wildman–Crippen MR) is 151 cm³/mol. The van der Waals surface area contributed by atoms with Gasteiger partial charge in [-0.2, -0.15) is 0 Å². The molecular formula is C30H64ClN. The number of nitrogens with two attached hydrogens (primary N) is 1. The van der Waals surface area contributed by atoms with Gasteiger partial charge in [-0.1, -0.05) is 156 Å². The van der Waals surface area contributed by atoms with Crippen LogP contribution < -0.4 is 5.73 Å². The zero-order chi connectivity index (χ0) is 23.0. The Bertz CT molecular complexity index is 336. The molecule has 0 amide bonds. The van der Waals surface area contributed by atoms with Gasteiger partial charge in [-0.05, 0) is 31.6 Å². The number of unbranched alkanes of at least 4 members (excludes halogenated alkanes) is 16. The molecule has 0 radical (unpaired) electrons. The third kappa shape index (κ3) is 19.7. The van der Waals surface area contributed by atoms with Gasteiger partial charge in [-0.3, -0.25) is 0 Å². The molecule has 0 aromatic rings. The van der Waals surface area contributed by atoms with E-state index in [0.29, 0.717) is 0 Å². The van der Waals surface area contributed by atoms with Crippen molar-refractivity contribution in [2.24, 2.45) is 11.7 Å². The van der Waals surface area contributed by atoms with Crippen LogP contribution in [0.3, 0.4) is 0 Å². The lowest BCUT2D eigenvalue weighted by atomic mass is 9.72. The summed E-state index contributed by atoms with van der Waals surface area (Å²) in [7, 11) is 0. The van der Waals surface area contributed by atoms with Gasteiger partial charge in [0.15, 0.2) is 0 Å². The van der Waals surface area contributed by atoms with E-state index in [1.54, 1.807) is 0 Å². The van der Waals surface area contributed by atoms with Gasteiger partial charge in [0.05, 0.1) is 0 Å². The summed E-state index contributed by atoms with van der Waals surface area (Å²) < 4.78 is 0. The second-order valence-electron chi connectivity index (χ2n) is 10.7. The van der Waals surface area contributed by atoms with Crippen molar-refractivity contribution in [1.29, 1.82) is 0 Å². The molecule has 1 nitrogen and oxygen atoms in total. The smallest absolute Gasteiger partial charge is 0.0182 e. The van der Waals surface area contributed by atoms with Crippen molar-refractivity contribution in [3.63, 3.8) is 0 Å². The van der Waals surface area contributed by atoms with Crippen molar-refractivity contribution < 1.29 is 0 Å². The maximum Gasteiger partial charge on any atom is 0.0182 e. The van der Waals surface area contributed by atoms with Gasteiger partial charge in [0.2, 0.25) is 0 Å². The van der Waals surface area contributed by atoms with Crippen molar-refractivity contribution in [2.75, 3.05) is 0 Å². The Morgan fingerprint density at radius 1 is 0.438 bits per heavy atom. The molecule has 0 bridgehead atoms. The van der Waals surface area contributed by atoms with Gasteiger partial charge in [0.1, 0.15) is 0 Å². The Balaban J connectivity index is 0. The van der Waals surface area contributed by atoms with Gasteiger partial charge < -0.3 is 5.73 Å². The van der Waals surface area contributed by atoms with Crippen molar-refractivity contribution in [3.05, 3.63) is 0 Å². The maximum atomic E-state index is 7.11. The fraction of sp³-hybridized carbons (Fsp3) is 1.00. The minimum atomic E-state index is 0. The van der Waals surface area contributed by atoms with Crippen LogP contribution >= 0.6 is 12.4 Å². The molecule has 196 valence electrons. The summed E-state index contributed by atoms with van der Waals surface area (Å²) in [6.45, 7) is 9.26. The molecule has 0 saturated heterocycles. The fourth-order valence-electron chi connectivity index (χ4n) is 5.30. The molecule has 0 heterocycles. The summed E-state index contributed by atoms with van der Waals surface area (Å²) >= 11 is 0. The highest BCUT2D eigenvalue weighted by Crippen LogP contribution is 2.34. The van der Waals surface area contributed by atoms with Gasteiger partial charge in [0, 0.05) is 5.54 Å². The molecule has 1 unspecified atom stereocenters. The average molecular weight is 474 g/mol. The second kappa shape index (κ2) is 25.9. The molecule has 0 saturated carbocycles. The van der Waals surface area contributed by atoms with E-state index in [1.807, 2.05) is 0 Å². The predicted octanol–water partition coefficient (Wildman–Crippen LogP) is 11.2. The van der Waals surface area contributed by atoms with Gasteiger partial charge >= 0.3 is 0 Å². The highest BCUT2D eigenvalue weighted by atomic mass is 35.5. The summed E-state index contributed by atoms with van der Waals surface area (Å²) in [5.41, 5.74) is 7.22. The molecule has 0 fully saturated rings. The monoisotopic (exact) mass is 473 g/mol. The largest absolute Gasteiger partial charge is 0.325 e. The van der Waals surface area contributed by atoms with E-state index in [-0.39, 0.29) is 17.9 Å². The van der Waals surface area contributed by atoms with Crippen LogP contribution in [0.2, 0.25) is 0 Å². The van der Waals surface area contributed by atoms with Crippen molar-refractivity contribution in [1.82, 2.24) is 0 Å². The quantitative estimate of drug-likeness (QED) is 0.131. The standard InChI is InChI=1S/C30H63N.ClH/c1-5-9-13-14-15-16-17-18-19-20-21-22-23-24-26-29(25-10-6-2)30(31,27-11-7-3)28-12-8-4;/h29H,5-28,31H2,1-4H3;1H. The van der Waals surface area contributed by atoms with Crippen LogP contribution in [0, 0.1) is 5.92 Å². The van der Waals surface area contributed by atoms with Crippen molar-refractivity contribution >= 4 is 12.4 Å². The molecule has 0 aliphatic heterocycles. The molecule has 0 aliphatic rings. The first-order chi connectivity index (χ1) is 15.1. The average Bonchev–Trinajstić information content (AvgIpc) is 2.78. The van der Waals surface area contributed by atoms with Crippen LogP contribution in [-0.4, -0.2) is 5.54 Å². The molecule has 0 aromatic carbocycles. The third-order valence-corrected chi connectivity index (χ3v) is 7.62. The lowest BCUT2D eigenvalue weighted by Crippen LogP contribution is -2.47. The third-order valence-electron chi connectivity index (χ3n) is 7.62. The highest BCUT2D eigenvalue weighted by Gasteiger charge is 2.32. The zero-order valence-corrected chi connectivity index (χ0v) is 23.9. The first-order valence-corrected chi connectivity index (χ1v) is 14.9. The van der Waals surface area contributed by atoms with E-state index in [1.165, 1.54) is 154 Å². The van der Waals surface area contributed by atoms with E-state index >= 15 is 0 Å². The lowest BCUT2D eigenvalue weighted by molar-refractivity contribution is 0.193. The topological polar surface area (TPSA) is 26.0 Å². The summed E-state index contributed by atoms with van der Waals surface area (Å²) in [5, 5.41) is 0.